The Morgan fingerprint density at radius 2 is 1.73 bits per heavy atom. The van der Waals surface area contributed by atoms with Crippen molar-refractivity contribution in [1.82, 2.24) is 10.2 Å². The van der Waals surface area contributed by atoms with E-state index in [4.69, 9.17) is 17.3 Å². The van der Waals surface area contributed by atoms with Crippen LogP contribution < -0.4 is 21.7 Å². The van der Waals surface area contributed by atoms with Crippen LogP contribution in [0.3, 0.4) is 0 Å². The highest BCUT2D eigenvalue weighted by Crippen LogP contribution is 2.37. The third kappa shape index (κ3) is 8.44. The number of benzene rings is 2. The van der Waals surface area contributed by atoms with Crippen LogP contribution in [-0.4, -0.2) is 42.4 Å². The number of carbonyl (C=O) groups excluding carboxylic acids is 3. The van der Waals surface area contributed by atoms with Gasteiger partial charge in [-0.3, -0.25) is 19.8 Å². The molecule has 0 bridgehead atoms. The monoisotopic (exact) mass is 607 g/mol. The highest BCUT2D eigenvalue weighted by atomic mass is 35.5. The number of amides is 4. The van der Waals surface area contributed by atoms with Gasteiger partial charge in [-0.15, -0.1) is 11.3 Å². The van der Waals surface area contributed by atoms with Crippen molar-refractivity contribution in [2.75, 3.05) is 30.3 Å². The average molecular weight is 608 g/mol. The third-order valence-electron chi connectivity index (χ3n) is 6.61. The van der Waals surface area contributed by atoms with Gasteiger partial charge in [-0.25, -0.2) is 4.79 Å². The Balaban J connectivity index is 1.22. The zero-order valence-electron chi connectivity index (χ0n) is 21.9. The number of anilines is 2. The molecule has 1 aliphatic heterocycles. The third-order valence-corrected chi connectivity index (χ3v) is 7.99. The summed E-state index contributed by atoms with van der Waals surface area (Å²) in [5, 5.41) is 9.24. The molecule has 13 heteroatoms. The summed E-state index contributed by atoms with van der Waals surface area (Å²) in [5.74, 6) is -0.764. The normalized spacial score (nSPS) is 13.4. The standard InChI is InChI=1S/C28H29ClF3N5O3S/c29-19-7-9-20(10-8-19)35-27(40)36-26-24(25(33)39)21-12-15-37(16-22(21)41-26)14-1-13-34-23(38)11-4-17-2-5-18(6-3-17)28(30,31)32/h2-3,5-10H,1,4,11-16H2,(H2,33,39)(H,34,38)(H2,35,36,40). The number of nitrogens with zero attached hydrogens (tertiary/aromatic N) is 1. The van der Waals surface area contributed by atoms with Crippen molar-refractivity contribution in [3.63, 3.8) is 0 Å². The number of urea groups is 1. The van der Waals surface area contributed by atoms with E-state index in [9.17, 15) is 27.6 Å². The highest BCUT2D eigenvalue weighted by molar-refractivity contribution is 7.17. The number of alkyl halides is 3. The number of primary amides is 1. The number of hydrogen-bond donors (Lipinski definition) is 4. The minimum atomic E-state index is -4.38. The van der Waals surface area contributed by atoms with Crippen molar-refractivity contribution in [2.24, 2.45) is 5.73 Å². The van der Waals surface area contributed by atoms with Crippen LogP contribution >= 0.6 is 22.9 Å². The molecule has 41 heavy (non-hydrogen) atoms. The van der Waals surface area contributed by atoms with Gasteiger partial charge in [-0.2, -0.15) is 13.2 Å². The molecule has 0 spiro atoms. The first-order valence-electron chi connectivity index (χ1n) is 12.9. The molecule has 5 N–H and O–H groups in total. The molecule has 4 amide bonds. The van der Waals surface area contributed by atoms with Gasteiger partial charge in [0.2, 0.25) is 5.91 Å². The van der Waals surface area contributed by atoms with Crippen LogP contribution in [-0.2, 0) is 30.4 Å². The maximum atomic E-state index is 12.7. The number of nitrogens with two attached hydrogens (primary N) is 1. The van der Waals surface area contributed by atoms with E-state index in [0.717, 1.165) is 22.6 Å². The van der Waals surface area contributed by atoms with Crippen molar-refractivity contribution >= 4 is 51.5 Å². The number of carbonyl (C=O) groups is 3. The lowest BCUT2D eigenvalue weighted by atomic mass is 10.0. The number of rotatable bonds is 10. The van der Waals surface area contributed by atoms with Crippen molar-refractivity contribution in [2.45, 2.75) is 38.4 Å². The molecule has 218 valence electrons. The summed E-state index contributed by atoms with van der Waals surface area (Å²) in [4.78, 5) is 40.1. The summed E-state index contributed by atoms with van der Waals surface area (Å²) < 4.78 is 38.0. The van der Waals surface area contributed by atoms with Crippen LogP contribution in [0.5, 0.6) is 0 Å². The Labute approximate surface area is 244 Å². The minimum Gasteiger partial charge on any atom is -0.365 e. The average Bonchev–Trinajstić information content (AvgIpc) is 3.28. The summed E-state index contributed by atoms with van der Waals surface area (Å²) in [6.45, 7) is 2.46. The summed E-state index contributed by atoms with van der Waals surface area (Å²) in [5.41, 5.74) is 7.33. The molecule has 8 nitrogen and oxygen atoms in total. The van der Waals surface area contributed by atoms with E-state index in [0.29, 0.717) is 72.3 Å². The molecule has 2 aromatic carbocycles. The SMILES string of the molecule is NC(=O)c1c(NC(=O)Nc2ccc(Cl)cc2)sc2c1CCN(CCCNC(=O)CCc1ccc(C(F)(F)F)cc1)C2. The molecule has 0 atom stereocenters. The Kier molecular flexibility index (Phi) is 9.90. The molecule has 0 radical (unpaired) electrons. The predicted molar refractivity (Wildman–Crippen MR) is 153 cm³/mol. The minimum absolute atomic E-state index is 0.164. The van der Waals surface area contributed by atoms with E-state index in [-0.39, 0.29) is 12.3 Å². The first kappa shape index (κ1) is 30.4. The van der Waals surface area contributed by atoms with E-state index in [1.54, 1.807) is 24.3 Å². The lowest BCUT2D eigenvalue weighted by molar-refractivity contribution is -0.137. The lowest BCUT2D eigenvalue weighted by Crippen LogP contribution is -2.34. The maximum Gasteiger partial charge on any atom is 0.416 e. The van der Waals surface area contributed by atoms with Gasteiger partial charge in [0.1, 0.15) is 5.00 Å². The van der Waals surface area contributed by atoms with Gasteiger partial charge in [-0.1, -0.05) is 23.7 Å². The number of fused-ring (bicyclic) bond motifs is 1. The van der Waals surface area contributed by atoms with Crippen molar-refractivity contribution < 1.29 is 27.6 Å². The molecule has 0 saturated carbocycles. The van der Waals surface area contributed by atoms with Gasteiger partial charge < -0.3 is 16.4 Å². The van der Waals surface area contributed by atoms with Gasteiger partial charge in [0.05, 0.1) is 11.1 Å². The predicted octanol–water partition coefficient (Wildman–Crippen LogP) is 5.66. The van der Waals surface area contributed by atoms with E-state index in [2.05, 4.69) is 20.9 Å². The first-order valence-corrected chi connectivity index (χ1v) is 14.1. The van der Waals surface area contributed by atoms with Gasteiger partial charge >= 0.3 is 12.2 Å². The molecule has 0 fully saturated rings. The van der Waals surface area contributed by atoms with Crippen LogP contribution in [0.4, 0.5) is 28.7 Å². The van der Waals surface area contributed by atoms with Crippen molar-refractivity contribution in [1.29, 1.82) is 0 Å². The molecule has 0 unspecified atom stereocenters. The van der Waals surface area contributed by atoms with E-state index in [1.165, 1.54) is 23.5 Å². The summed E-state index contributed by atoms with van der Waals surface area (Å²) in [6, 6.07) is 11.0. The fourth-order valence-corrected chi connectivity index (χ4v) is 5.95. The molecular formula is C28H29ClF3N5O3S. The Morgan fingerprint density at radius 3 is 2.39 bits per heavy atom. The van der Waals surface area contributed by atoms with Gasteiger partial charge in [0, 0.05) is 48.2 Å². The quantitative estimate of drug-likeness (QED) is 0.223. The van der Waals surface area contributed by atoms with Gasteiger partial charge in [-0.05, 0) is 66.8 Å². The van der Waals surface area contributed by atoms with Crippen molar-refractivity contribution in [3.05, 3.63) is 80.7 Å². The summed E-state index contributed by atoms with van der Waals surface area (Å²) >= 11 is 7.20. The Hall–Kier alpha value is -3.61. The second kappa shape index (κ2) is 13.4. The number of hydrogen-bond acceptors (Lipinski definition) is 5. The molecule has 2 heterocycles. The Bertz CT molecular complexity index is 1390. The number of aryl methyl sites for hydroxylation is 1. The van der Waals surface area contributed by atoms with Crippen LogP contribution in [0.25, 0.3) is 0 Å². The highest BCUT2D eigenvalue weighted by Gasteiger charge is 2.30. The Morgan fingerprint density at radius 1 is 1.02 bits per heavy atom. The van der Waals surface area contributed by atoms with Crippen LogP contribution in [0, 0.1) is 0 Å². The zero-order chi connectivity index (χ0) is 29.6. The summed E-state index contributed by atoms with van der Waals surface area (Å²) in [6.07, 6.45) is -2.54. The van der Waals surface area contributed by atoms with Crippen LogP contribution in [0.2, 0.25) is 5.02 Å². The fraction of sp³-hybridized carbons (Fsp3) is 0.321. The summed E-state index contributed by atoms with van der Waals surface area (Å²) in [7, 11) is 0. The molecule has 1 aromatic heterocycles. The van der Waals surface area contributed by atoms with E-state index < -0.39 is 23.7 Å². The second-order valence-electron chi connectivity index (χ2n) is 9.58. The maximum absolute atomic E-state index is 12.7. The molecule has 0 saturated heterocycles. The van der Waals surface area contributed by atoms with E-state index in [1.807, 2.05) is 0 Å². The topological polar surface area (TPSA) is 117 Å². The molecular weight excluding hydrogens is 579 g/mol. The fourth-order valence-electron chi connectivity index (χ4n) is 4.53. The first-order chi connectivity index (χ1) is 19.5. The van der Waals surface area contributed by atoms with Gasteiger partial charge in [0.25, 0.3) is 5.91 Å². The largest absolute Gasteiger partial charge is 0.416 e. The smallest absolute Gasteiger partial charge is 0.365 e. The van der Waals surface area contributed by atoms with E-state index >= 15 is 0 Å². The lowest BCUT2D eigenvalue weighted by Gasteiger charge is -2.27. The van der Waals surface area contributed by atoms with Crippen molar-refractivity contribution in [3.8, 4) is 0 Å². The molecule has 3 aromatic rings. The molecule has 1 aliphatic rings. The molecule has 4 rings (SSSR count). The van der Waals surface area contributed by atoms with Gasteiger partial charge in [0.15, 0.2) is 0 Å². The zero-order valence-corrected chi connectivity index (χ0v) is 23.5. The second-order valence-corrected chi connectivity index (χ2v) is 11.1. The number of thiophene rings is 1. The number of nitrogens with one attached hydrogen (secondary N) is 3. The van der Waals surface area contributed by atoms with Crippen LogP contribution in [0.1, 0.15) is 44.8 Å². The van der Waals surface area contributed by atoms with Crippen LogP contribution in [0.15, 0.2) is 48.5 Å². The number of halogens is 4. The molecule has 0 aliphatic carbocycles.